The number of thioether (sulfide) groups is 1. The van der Waals surface area contributed by atoms with Gasteiger partial charge in [0, 0.05) is 24.6 Å². The molecule has 0 heterocycles. The van der Waals surface area contributed by atoms with E-state index in [0.29, 0.717) is 11.3 Å². The first-order valence-corrected chi connectivity index (χ1v) is 12.0. The maximum absolute atomic E-state index is 12.7. The Kier molecular flexibility index (Phi) is 8.37. The van der Waals surface area contributed by atoms with Crippen LogP contribution in [0.25, 0.3) is 0 Å². The molecule has 2 rings (SSSR count). The van der Waals surface area contributed by atoms with Gasteiger partial charge in [-0.3, -0.25) is 14.4 Å². The van der Waals surface area contributed by atoms with Crippen LogP contribution in [0.3, 0.4) is 0 Å². The van der Waals surface area contributed by atoms with Crippen LogP contribution in [0.4, 0.5) is 5.69 Å². The molecule has 0 aromatic heterocycles. The Balaban J connectivity index is 1.99. The molecule has 0 atom stereocenters. The molecular weight excluding hydrogens is 438 g/mol. The van der Waals surface area contributed by atoms with E-state index >= 15 is 0 Å². The van der Waals surface area contributed by atoms with Crippen molar-refractivity contribution in [1.29, 1.82) is 0 Å². The Labute approximate surface area is 186 Å². The Morgan fingerprint density at radius 1 is 0.968 bits per heavy atom. The van der Waals surface area contributed by atoms with Gasteiger partial charge in [-0.1, -0.05) is 24.3 Å². The number of Topliss-reactive ketones (excluding diaryl/α,β-unsaturated/α-hetero) is 1. The molecule has 0 unspecified atom stereocenters. The monoisotopic (exact) mass is 463 g/mol. The van der Waals surface area contributed by atoms with Crippen LogP contribution in [0.1, 0.15) is 17.3 Å². The van der Waals surface area contributed by atoms with E-state index < -0.39 is 22.5 Å². The number of benzene rings is 2. The molecule has 0 saturated heterocycles. The lowest BCUT2D eigenvalue weighted by molar-refractivity contribution is -0.133. The molecule has 0 bridgehead atoms. The van der Waals surface area contributed by atoms with Gasteiger partial charge in [-0.2, -0.15) is 4.31 Å². The van der Waals surface area contributed by atoms with E-state index in [1.54, 1.807) is 12.1 Å². The number of carbonyl (C=O) groups excluding carboxylic acids is 3. The summed E-state index contributed by atoms with van der Waals surface area (Å²) in [6.45, 7) is 0.741. The van der Waals surface area contributed by atoms with Crippen LogP contribution in [-0.2, 0) is 19.6 Å². The van der Waals surface area contributed by atoms with Gasteiger partial charge in [-0.15, -0.1) is 11.8 Å². The average molecular weight is 464 g/mol. The molecular formula is C21H25N3O5S2. The van der Waals surface area contributed by atoms with Crippen molar-refractivity contribution >= 4 is 45.1 Å². The lowest BCUT2D eigenvalue weighted by Gasteiger charge is -2.22. The van der Waals surface area contributed by atoms with Crippen molar-refractivity contribution in [3.05, 3.63) is 54.1 Å². The number of hydrogen-bond acceptors (Lipinski definition) is 6. The minimum absolute atomic E-state index is 0.0260. The number of para-hydroxylation sites is 1. The van der Waals surface area contributed by atoms with Gasteiger partial charge < -0.3 is 10.2 Å². The number of ketones is 1. The number of carbonyl (C=O) groups is 3. The number of sulfonamides is 1. The standard InChI is InChI=1S/C21H25N3O5S2/c1-15(25)16-9-11-17(12-10-16)31(28,29)24(3)14-21(27)23(2)13-20(26)22-18-7-5-6-8-19(18)30-4/h5-12H,13-14H2,1-4H3,(H,22,26). The molecule has 2 amide bonds. The first kappa shape index (κ1) is 24.6. The summed E-state index contributed by atoms with van der Waals surface area (Å²) in [6, 6.07) is 12.8. The van der Waals surface area contributed by atoms with E-state index in [-0.39, 0.29) is 23.1 Å². The normalized spacial score (nSPS) is 11.3. The van der Waals surface area contributed by atoms with E-state index in [1.165, 1.54) is 61.9 Å². The Morgan fingerprint density at radius 2 is 1.58 bits per heavy atom. The lowest BCUT2D eigenvalue weighted by atomic mass is 10.2. The largest absolute Gasteiger partial charge is 0.335 e. The number of likely N-dealkylation sites (N-methyl/N-ethyl adjacent to an activating group) is 2. The second kappa shape index (κ2) is 10.6. The number of anilines is 1. The predicted octanol–water partition coefficient (Wildman–Crippen LogP) is 2.33. The van der Waals surface area contributed by atoms with Gasteiger partial charge in [0.2, 0.25) is 21.8 Å². The fourth-order valence-electron chi connectivity index (χ4n) is 2.68. The molecule has 0 aliphatic rings. The van der Waals surface area contributed by atoms with E-state index in [9.17, 15) is 22.8 Å². The van der Waals surface area contributed by atoms with Gasteiger partial charge in [-0.25, -0.2) is 8.42 Å². The zero-order valence-corrected chi connectivity index (χ0v) is 19.4. The van der Waals surface area contributed by atoms with E-state index in [0.717, 1.165) is 9.20 Å². The van der Waals surface area contributed by atoms with Crippen molar-refractivity contribution in [1.82, 2.24) is 9.21 Å². The molecule has 0 saturated carbocycles. The number of rotatable bonds is 9. The Morgan fingerprint density at radius 3 is 2.16 bits per heavy atom. The van der Waals surface area contributed by atoms with E-state index in [4.69, 9.17) is 0 Å². The number of nitrogens with one attached hydrogen (secondary N) is 1. The Bertz CT molecular complexity index is 1070. The summed E-state index contributed by atoms with van der Waals surface area (Å²) in [5.41, 5.74) is 1.04. The zero-order chi connectivity index (χ0) is 23.2. The maximum Gasteiger partial charge on any atom is 0.244 e. The number of nitrogens with zero attached hydrogens (tertiary/aromatic N) is 2. The third kappa shape index (κ3) is 6.39. The average Bonchev–Trinajstić information content (AvgIpc) is 2.73. The molecule has 0 radical (unpaired) electrons. The summed E-state index contributed by atoms with van der Waals surface area (Å²) in [4.78, 5) is 38.2. The summed E-state index contributed by atoms with van der Waals surface area (Å²) in [7, 11) is -1.20. The smallest absolute Gasteiger partial charge is 0.244 e. The minimum atomic E-state index is -3.92. The lowest BCUT2D eigenvalue weighted by Crippen LogP contribution is -2.42. The van der Waals surface area contributed by atoms with Gasteiger partial charge in [0.1, 0.15) is 0 Å². The van der Waals surface area contributed by atoms with Crippen LogP contribution < -0.4 is 5.32 Å². The molecule has 0 spiro atoms. The van der Waals surface area contributed by atoms with Crippen LogP contribution in [-0.4, -0.2) is 68.7 Å². The van der Waals surface area contributed by atoms with Crippen LogP contribution in [0, 0.1) is 0 Å². The molecule has 2 aromatic carbocycles. The van der Waals surface area contributed by atoms with Gasteiger partial charge in [0.25, 0.3) is 0 Å². The first-order chi connectivity index (χ1) is 14.6. The van der Waals surface area contributed by atoms with Crippen molar-refractivity contribution in [2.24, 2.45) is 0 Å². The van der Waals surface area contributed by atoms with Crippen molar-refractivity contribution < 1.29 is 22.8 Å². The topological polar surface area (TPSA) is 104 Å². The van der Waals surface area contributed by atoms with Crippen LogP contribution in [0.15, 0.2) is 58.3 Å². The highest BCUT2D eigenvalue weighted by Crippen LogP contribution is 2.24. The van der Waals surface area contributed by atoms with E-state index in [2.05, 4.69) is 5.32 Å². The molecule has 31 heavy (non-hydrogen) atoms. The minimum Gasteiger partial charge on any atom is -0.335 e. The number of amides is 2. The SMILES string of the molecule is CSc1ccccc1NC(=O)CN(C)C(=O)CN(C)S(=O)(=O)c1ccc(C(C)=O)cc1. The highest BCUT2D eigenvalue weighted by atomic mass is 32.2. The van der Waals surface area contributed by atoms with Crippen LogP contribution in [0.5, 0.6) is 0 Å². The molecule has 1 N–H and O–H groups in total. The molecule has 10 heteroatoms. The fourth-order valence-corrected chi connectivity index (χ4v) is 4.35. The first-order valence-electron chi connectivity index (χ1n) is 9.30. The summed E-state index contributed by atoms with van der Waals surface area (Å²) in [5, 5.41) is 2.76. The van der Waals surface area contributed by atoms with Crippen LogP contribution in [0.2, 0.25) is 0 Å². The molecule has 2 aromatic rings. The summed E-state index contributed by atoms with van der Waals surface area (Å²) in [6.07, 6.45) is 1.89. The van der Waals surface area contributed by atoms with Crippen molar-refractivity contribution in [3.63, 3.8) is 0 Å². The third-order valence-electron chi connectivity index (χ3n) is 4.51. The van der Waals surface area contributed by atoms with Gasteiger partial charge in [0.05, 0.1) is 23.7 Å². The summed E-state index contributed by atoms with van der Waals surface area (Å²) in [5.74, 6) is -1.09. The Hall–Kier alpha value is -2.69. The molecule has 0 aliphatic carbocycles. The second-order valence-corrected chi connectivity index (χ2v) is 9.73. The third-order valence-corrected chi connectivity index (χ3v) is 7.13. The van der Waals surface area contributed by atoms with Crippen molar-refractivity contribution in [2.45, 2.75) is 16.7 Å². The highest BCUT2D eigenvalue weighted by Gasteiger charge is 2.25. The van der Waals surface area contributed by atoms with Gasteiger partial charge >= 0.3 is 0 Å². The molecule has 8 nitrogen and oxygen atoms in total. The van der Waals surface area contributed by atoms with Gasteiger partial charge in [-0.05, 0) is 37.4 Å². The van der Waals surface area contributed by atoms with E-state index in [1.807, 2.05) is 18.4 Å². The molecule has 0 fully saturated rings. The number of hydrogen-bond donors (Lipinski definition) is 1. The second-order valence-electron chi connectivity index (χ2n) is 6.84. The van der Waals surface area contributed by atoms with Crippen molar-refractivity contribution in [3.8, 4) is 0 Å². The van der Waals surface area contributed by atoms with Crippen LogP contribution >= 0.6 is 11.8 Å². The zero-order valence-electron chi connectivity index (χ0n) is 17.8. The highest BCUT2D eigenvalue weighted by molar-refractivity contribution is 7.98. The molecule has 166 valence electrons. The maximum atomic E-state index is 12.7. The summed E-state index contributed by atoms with van der Waals surface area (Å²) >= 11 is 1.49. The summed E-state index contributed by atoms with van der Waals surface area (Å²) < 4.78 is 26.3. The quantitative estimate of drug-likeness (QED) is 0.452. The predicted molar refractivity (Wildman–Crippen MR) is 121 cm³/mol. The van der Waals surface area contributed by atoms with Crippen molar-refractivity contribution in [2.75, 3.05) is 38.8 Å². The molecule has 0 aliphatic heterocycles. The van der Waals surface area contributed by atoms with Gasteiger partial charge in [0.15, 0.2) is 5.78 Å². The fraction of sp³-hybridized carbons (Fsp3) is 0.286.